The van der Waals surface area contributed by atoms with E-state index in [1.807, 2.05) is 31.2 Å². The Balaban J connectivity index is 1.99. The van der Waals surface area contributed by atoms with Gasteiger partial charge in [-0.2, -0.15) is 0 Å². The van der Waals surface area contributed by atoms with Gasteiger partial charge in [0, 0.05) is 25.7 Å². The van der Waals surface area contributed by atoms with E-state index in [1.54, 1.807) is 0 Å². The van der Waals surface area contributed by atoms with Crippen LogP contribution in [-0.2, 0) is 0 Å². The number of carbonyl (C=O) groups is 1. The lowest BCUT2D eigenvalue weighted by Crippen LogP contribution is -2.52. The van der Waals surface area contributed by atoms with Gasteiger partial charge >= 0.3 is 0 Å². The zero-order chi connectivity index (χ0) is 15.2. The minimum atomic E-state index is 0.149. The molecule has 0 aliphatic carbocycles. The summed E-state index contributed by atoms with van der Waals surface area (Å²) in [6, 6.07) is 8.05. The van der Waals surface area contributed by atoms with E-state index in [0.717, 1.165) is 26.2 Å². The van der Waals surface area contributed by atoms with E-state index < -0.39 is 0 Å². The number of benzene rings is 1. The highest BCUT2D eigenvalue weighted by Gasteiger charge is 2.24. The molecule has 1 heterocycles. The summed E-state index contributed by atoms with van der Waals surface area (Å²) in [5.41, 5.74) is 0.699. The second-order valence-corrected chi connectivity index (χ2v) is 5.57. The highest BCUT2D eigenvalue weighted by molar-refractivity contribution is 6.00. The average Bonchev–Trinajstić information content (AvgIpc) is 2.48. The first-order valence-corrected chi connectivity index (χ1v) is 7.87. The Morgan fingerprint density at radius 3 is 2.71 bits per heavy atom. The molecule has 0 aromatic heterocycles. The van der Waals surface area contributed by atoms with Crippen LogP contribution in [0.15, 0.2) is 24.3 Å². The van der Waals surface area contributed by atoms with Gasteiger partial charge in [0.1, 0.15) is 5.75 Å². The summed E-state index contributed by atoms with van der Waals surface area (Å²) >= 11 is 0. The molecule has 0 amide bonds. The lowest BCUT2D eigenvalue weighted by atomic mass is 10.1. The van der Waals surface area contributed by atoms with Crippen LogP contribution in [0.5, 0.6) is 5.75 Å². The Bertz CT molecular complexity index is 476. The van der Waals surface area contributed by atoms with E-state index in [9.17, 15) is 4.79 Å². The monoisotopic (exact) mass is 290 g/mol. The van der Waals surface area contributed by atoms with Gasteiger partial charge in [-0.3, -0.25) is 14.6 Å². The summed E-state index contributed by atoms with van der Waals surface area (Å²) in [7, 11) is 0. The summed E-state index contributed by atoms with van der Waals surface area (Å²) in [6.07, 6.45) is 0. The molecule has 1 fully saturated rings. The molecule has 0 radical (unpaired) electrons. The van der Waals surface area contributed by atoms with Gasteiger partial charge in [0.2, 0.25) is 0 Å². The first-order valence-electron chi connectivity index (χ1n) is 7.87. The Morgan fingerprint density at radius 2 is 2.05 bits per heavy atom. The molecule has 0 bridgehead atoms. The first-order chi connectivity index (χ1) is 10.2. The Morgan fingerprint density at radius 1 is 1.29 bits per heavy atom. The molecule has 1 aliphatic heterocycles. The fraction of sp³-hybridized carbons (Fsp3) is 0.588. The maximum Gasteiger partial charge on any atom is 0.180 e. The van der Waals surface area contributed by atoms with Gasteiger partial charge in [0.05, 0.1) is 18.7 Å². The molecule has 1 aromatic carbocycles. The number of hydrogen-bond donors (Lipinski definition) is 0. The van der Waals surface area contributed by atoms with E-state index in [4.69, 9.17) is 4.74 Å². The highest BCUT2D eigenvalue weighted by Crippen LogP contribution is 2.19. The van der Waals surface area contributed by atoms with Gasteiger partial charge in [-0.25, -0.2) is 0 Å². The van der Waals surface area contributed by atoms with Gasteiger partial charge < -0.3 is 4.74 Å². The number of rotatable bonds is 6. The van der Waals surface area contributed by atoms with Crippen LogP contribution in [0.25, 0.3) is 0 Å². The molecular formula is C17H26N2O2. The predicted octanol–water partition coefficient (Wildman–Crippen LogP) is 2.29. The predicted molar refractivity (Wildman–Crippen MR) is 85.1 cm³/mol. The number of ketones is 1. The second-order valence-electron chi connectivity index (χ2n) is 5.57. The van der Waals surface area contributed by atoms with Crippen LogP contribution in [0.2, 0.25) is 0 Å². The normalized spacial score (nSPS) is 20.4. The van der Waals surface area contributed by atoms with Crippen molar-refractivity contribution in [2.45, 2.75) is 26.8 Å². The maximum atomic E-state index is 12.5. The summed E-state index contributed by atoms with van der Waals surface area (Å²) in [5.74, 6) is 0.849. The van der Waals surface area contributed by atoms with Gasteiger partial charge in [0.15, 0.2) is 5.78 Å². The second kappa shape index (κ2) is 7.57. The van der Waals surface area contributed by atoms with Gasteiger partial charge in [-0.15, -0.1) is 0 Å². The van der Waals surface area contributed by atoms with Crippen LogP contribution in [0, 0.1) is 0 Å². The van der Waals surface area contributed by atoms with Crippen LogP contribution < -0.4 is 4.74 Å². The zero-order valence-electron chi connectivity index (χ0n) is 13.3. The Hall–Kier alpha value is -1.39. The summed E-state index contributed by atoms with van der Waals surface area (Å²) in [6.45, 7) is 11.4. The smallest absolute Gasteiger partial charge is 0.180 e. The number of carbonyl (C=O) groups excluding carboxylic acids is 1. The molecule has 0 spiro atoms. The molecule has 1 aromatic rings. The summed E-state index contributed by atoms with van der Waals surface area (Å²) in [4.78, 5) is 17.2. The van der Waals surface area contributed by atoms with Crippen molar-refractivity contribution in [2.75, 3.05) is 39.3 Å². The molecule has 1 saturated heterocycles. The van der Waals surface area contributed by atoms with Crippen molar-refractivity contribution in [2.24, 2.45) is 0 Å². The molecule has 0 saturated carbocycles. The molecule has 116 valence electrons. The van der Waals surface area contributed by atoms with Gasteiger partial charge in [0.25, 0.3) is 0 Å². The molecule has 0 N–H and O–H groups in total. The number of ether oxygens (including phenoxy) is 1. The number of Topliss-reactive ketones (excluding diaryl/α,β-unsaturated/α-hetero) is 1. The van der Waals surface area contributed by atoms with Crippen molar-refractivity contribution in [3.63, 3.8) is 0 Å². The summed E-state index contributed by atoms with van der Waals surface area (Å²) < 4.78 is 5.56. The van der Waals surface area contributed by atoms with E-state index in [1.165, 1.54) is 0 Å². The van der Waals surface area contributed by atoms with Crippen molar-refractivity contribution >= 4 is 5.78 Å². The van der Waals surface area contributed by atoms with Crippen molar-refractivity contribution < 1.29 is 9.53 Å². The van der Waals surface area contributed by atoms with E-state index in [2.05, 4.69) is 23.6 Å². The molecule has 1 atom stereocenters. The van der Waals surface area contributed by atoms with Crippen LogP contribution in [0.1, 0.15) is 31.1 Å². The number of piperazine rings is 1. The van der Waals surface area contributed by atoms with Crippen molar-refractivity contribution in [3.8, 4) is 5.75 Å². The fourth-order valence-corrected chi connectivity index (χ4v) is 2.95. The third-order valence-corrected chi connectivity index (χ3v) is 4.11. The molecule has 1 unspecified atom stereocenters. The topological polar surface area (TPSA) is 32.8 Å². The first kappa shape index (κ1) is 16.0. The van der Waals surface area contributed by atoms with Gasteiger partial charge in [-0.05, 0) is 32.5 Å². The molecule has 2 rings (SSSR count). The Labute approximate surface area is 127 Å². The summed E-state index contributed by atoms with van der Waals surface area (Å²) in [5, 5.41) is 0. The lowest BCUT2D eigenvalue weighted by Gasteiger charge is -2.39. The van der Waals surface area contributed by atoms with Crippen LogP contribution >= 0.6 is 0 Å². The number of likely N-dealkylation sites (N-methyl/N-ethyl adjacent to an activating group) is 1. The van der Waals surface area contributed by atoms with Crippen molar-refractivity contribution in [3.05, 3.63) is 29.8 Å². The highest BCUT2D eigenvalue weighted by atomic mass is 16.5. The molecule has 4 heteroatoms. The minimum Gasteiger partial charge on any atom is -0.493 e. The van der Waals surface area contributed by atoms with Crippen molar-refractivity contribution in [1.29, 1.82) is 0 Å². The maximum absolute atomic E-state index is 12.5. The van der Waals surface area contributed by atoms with Crippen LogP contribution in [-0.4, -0.2) is 61.0 Å². The number of para-hydroxylation sites is 1. The molecular weight excluding hydrogens is 264 g/mol. The number of nitrogens with zero attached hydrogens (tertiary/aromatic N) is 2. The van der Waals surface area contributed by atoms with E-state index in [0.29, 0.717) is 30.5 Å². The van der Waals surface area contributed by atoms with E-state index >= 15 is 0 Å². The van der Waals surface area contributed by atoms with Crippen molar-refractivity contribution in [1.82, 2.24) is 9.80 Å². The average molecular weight is 290 g/mol. The quantitative estimate of drug-likeness (QED) is 0.753. The molecule has 1 aliphatic rings. The van der Waals surface area contributed by atoms with Crippen LogP contribution in [0.4, 0.5) is 0 Å². The van der Waals surface area contributed by atoms with Gasteiger partial charge in [-0.1, -0.05) is 19.1 Å². The minimum absolute atomic E-state index is 0.149. The molecule has 4 nitrogen and oxygen atoms in total. The lowest BCUT2D eigenvalue weighted by molar-refractivity contribution is 0.0721. The fourth-order valence-electron chi connectivity index (χ4n) is 2.95. The third kappa shape index (κ3) is 4.05. The number of hydrogen-bond acceptors (Lipinski definition) is 4. The van der Waals surface area contributed by atoms with Crippen LogP contribution in [0.3, 0.4) is 0 Å². The Kier molecular flexibility index (Phi) is 5.76. The van der Waals surface area contributed by atoms with E-state index in [-0.39, 0.29) is 5.78 Å². The molecule has 21 heavy (non-hydrogen) atoms. The third-order valence-electron chi connectivity index (χ3n) is 4.11. The zero-order valence-corrected chi connectivity index (χ0v) is 13.3. The largest absolute Gasteiger partial charge is 0.493 e. The SMILES string of the molecule is CCOc1ccccc1C(=O)CN1CCN(CC)C(C)C1. The standard InChI is InChI=1S/C17H26N2O2/c1-4-19-11-10-18(12-14(19)3)13-16(20)15-8-6-7-9-17(15)21-5-2/h6-9,14H,4-5,10-13H2,1-3H3.